The minimum Gasteiger partial charge on any atom is -0.338 e. The average Bonchev–Trinajstić information content (AvgIpc) is 3.24. The Morgan fingerprint density at radius 1 is 1.31 bits per heavy atom. The SMILES string of the molecule is CN1CCNCC1c1noc(C2CCN(c3cc(Cl)ccc3Cl)C2=O)n1. The molecule has 2 aliphatic rings. The van der Waals surface area contributed by atoms with E-state index in [0.29, 0.717) is 40.4 Å². The molecule has 1 aromatic carbocycles. The van der Waals surface area contributed by atoms with Crippen LogP contribution in [0.4, 0.5) is 5.69 Å². The van der Waals surface area contributed by atoms with Crippen LogP contribution in [0.5, 0.6) is 0 Å². The molecule has 1 aromatic heterocycles. The Morgan fingerprint density at radius 2 is 2.15 bits per heavy atom. The number of carbonyl (C=O) groups is 1. The lowest BCUT2D eigenvalue weighted by Crippen LogP contribution is -2.44. The first-order chi connectivity index (χ1) is 12.5. The summed E-state index contributed by atoms with van der Waals surface area (Å²) in [5.41, 5.74) is 0.614. The molecular formula is C17H19Cl2N5O2. The summed E-state index contributed by atoms with van der Waals surface area (Å²) in [7, 11) is 2.03. The molecule has 0 saturated carbocycles. The Bertz CT molecular complexity index is 827. The predicted octanol–water partition coefficient (Wildman–Crippen LogP) is 2.47. The second-order valence-electron chi connectivity index (χ2n) is 6.62. The molecule has 1 amide bonds. The summed E-state index contributed by atoms with van der Waals surface area (Å²) in [5, 5.41) is 8.46. The van der Waals surface area contributed by atoms with E-state index in [0.717, 1.165) is 19.6 Å². The predicted molar refractivity (Wildman–Crippen MR) is 98.7 cm³/mol. The van der Waals surface area contributed by atoms with Crippen LogP contribution in [0.15, 0.2) is 22.7 Å². The van der Waals surface area contributed by atoms with Crippen LogP contribution in [0, 0.1) is 0 Å². The van der Waals surface area contributed by atoms with E-state index in [2.05, 4.69) is 20.4 Å². The molecule has 0 radical (unpaired) electrons. The number of halogens is 2. The highest BCUT2D eigenvalue weighted by atomic mass is 35.5. The van der Waals surface area contributed by atoms with Crippen molar-refractivity contribution in [2.24, 2.45) is 0 Å². The number of amides is 1. The maximum Gasteiger partial charge on any atom is 0.239 e. The number of rotatable bonds is 3. The third kappa shape index (κ3) is 3.20. The van der Waals surface area contributed by atoms with Crippen molar-refractivity contribution >= 4 is 34.8 Å². The zero-order chi connectivity index (χ0) is 18.3. The van der Waals surface area contributed by atoms with E-state index in [9.17, 15) is 4.79 Å². The number of anilines is 1. The molecule has 2 fully saturated rings. The van der Waals surface area contributed by atoms with Crippen LogP contribution in [-0.2, 0) is 4.79 Å². The average molecular weight is 396 g/mol. The van der Waals surface area contributed by atoms with Crippen molar-refractivity contribution in [3.05, 3.63) is 40.0 Å². The molecule has 0 spiro atoms. The fraction of sp³-hybridized carbons (Fsp3) is 0.471. The summed E-state index contributed by atoms with van der Waals surface area (Å²) in [6, 6.07) is 5.14. The van der Waals surface area contributed by atoms with Gasteiger partial charge in [0.05, 0.1) is 16.8 Å². The molecule has 1 N–H and O–H groups in total. The number of nitrogens with zero attached hydrogens (tertiary/aromatic N) is 4. The number of piperazine rings is 1. The van der Waals surface area contributed by atoms with Crippen molar-refractivity contribution in [1.82, 2.24) is 20.4 Å². The summed E-state index contributed by atoms with van der Waals surface area (Å²) < 4.78 is 5.44. The van der Waals surface area contributed by atoms with E-state index in [1.54, 1.807) is 23.1 Å². The lowest BCUT2D eigenvalue weighted by molar-refractivity contribution is -0.118. The lowest BCUT2D eigenvalue weighted by atomic mass is 10.1. The molecule has 7 nitrogen and oxygen atoms in total. The van der Waals surface area contributed by atoms with Gasteiger partial charge in [-0.2, -0.15) is 4.98 Å². The van der Waals surface area contributed by atoms with Gasteiger partial charge < -0.3 is 14.7 Å². The summed E-state index contributed by atoms with van der Waals surface area (Å²) in [5.74, 6) is 0.430. The maximum atomic E-state index is 12.9. The lowest BCUT2D eigenvalue weighted by Gasteiger charge is -2.30. The number of benzene rings is 1. The van der Waals surface area contributed by atoms with Crippen LogP contribution in [0.2, 0.25) is 10.0 Å². The molecule has 4 rings (SSSR count). The minimum absolute atomic E-state index is 0.0521. The Hall–Kier alpha value is -1.67. The van der Waals surface area contributed by atoms with Crippen molar-refractivity contribution < 1.29 is 9.32 Å². The summed E-state index contributed by atoms with van der Waals surface area (Å²) >= 11 is 12.3. The van der Waals surface area contributed by atoms with Crippen molar-refractivity contribution in [2.75, 3.05) is 38.1 Å². The largest absolute Gasteiger partial charge is 0.338 e. The molecule has 0 aliphatic carbocycles. The van der Waals surface area contributed by atoms with Gasteiger partial charge in [-0.25, -0.2) is 0 Å². The highest BCUT2D eigenvalue weighted by Gasteiger charge is 2.39. The second-order valence-corrected chi connectivity index (χ2v) is 7.46. The molecule has 138 valence electrons. The van der Waals surface area contributed by atoms with Gasteiger partial charge in [0, 0.05) is 31.2 Å². The smallest absolute Gasteiger partial charge is 0.239 e. The zero-order valence-electron chi connectivity index (χ0n) is 14.3. The van der Waals surface area contributed by atoms with Crippen LogP contribution in [0.3, 0.4) is 0 Å². The van der Waals surface area contributed by atoms with Gasteiger partial charge >= 0.3 is 0 Å². The molecular weight excluding hydrogens is 377 g/mol. The van der Waals surface area contributed by atoms with Crippen molar-refractivity contribution in [3.63, 3.8) is 0 Å². The van der Waals surface area contributed by atoms with Crippen LogP contribution in [0.25, 0.3) is 0 Å². The van der Waals surface area contributed by atoms with Gasteiger partial charge in [-0.1, -0.05) is 28.4 Å². The fourth-order valence-electron chi connectivity index (χ4n) is 3.46. The van der Waals surface area contributed by atoms with E-state index < -0.39 is 5.92 Å². The molecule has 2 saturated heterocycles. The Morgan fingerprint density at radius 3 is 2.96 bits per heavy atom. The monoisotopic (exact) mass is 395 g/mol. The van der Waals surface area contributed by atoms with Gasteiger partial charge in [-0.15, -0.1) is 0 Å². The summed E-state index contributed by atoms with van der Waals surface area (Å²) in [6.07, 6.45) is 0.599. The van der Waals surface area contributed by atoms with E-state index in [1.807, 2.05) is 7.05 Å². The molecule has 2 atom stereocenters. The zero-order valence-corrected chi connectivity index (χ0v) is 15.8. The third-order valence-corrected chi connectivity index (χ3v) is 5.52. The van der Waals surface area contributed by atoms with Crippen molar-refractivity contribution in [2.45, 2.75) is 18.4 Å². The molecule has 0 bridgehead atoms. The maximum absolute atomic E-state index is 12.9. The number of likely N-dealkylation sites (N-methyl/N-ethyl adjacent to an activating group) is 1. The molecule has 9 heteroatoms. The summed E-state index contributed by atoms with van der Waals surface area (Å²) in [4.78, 5) is 21.2. The second kappa shape index (κ2) is 7.15. The van der Waals surface area contributed by atoms with E-state index in [1.165, 1.54) is 0 Å². The van der Waals surface area contributed by atoms with Crippen molar-refractivity contribution in [1.29, 1.82) is 0 Å². The number of aromatic nitrogens is 2. The fourth-order valence-corrected chi connectivity index (χ4v) is 3.85. The number of hydrogen-bond donors (Lipinski definition) is 1. The van der Waals surface area contributed by atoms with Gasteiger partial charge in [0.15, 0.2) is 5.82 Å². The molecule has 2 aromatic rings. The quantitative estimate of drug-likeness (QED) is 0.860. The topological polar surface area (TPSA) is 74.5 Å². The van der Waals surface area contributed by atoms with E-state index >= 15 is 0 Å². The minimum atomic E-state index is -0.451. The summed E-state index contributed by atoms with van der Waals surface area (Å²) in [6.45, 7) is 3.15. The molecule has 26 heavy (non-hydrogen) atoms. The first kappa shape index (κ1) is 17.7. The Labute approximate surface area is 161 Å². The van der Waals surface area contributed by atoms with Crippen molar-refractivity contribution in [3.8, 4) is 0 Å². The van der Waals surface area contributed by atoms with E-state index in [4.69, 9.17) is 27.7 Å². The van der Waals surface area contributed by atoms with Gasteiger partial charge in [-0.3, -0.25) is 9.69 Å². The molecule has 3 heterocycles. The molecule has 2 unspecified atom stereocenters. The normalized spacial score (nSPS) is 24.4. The highest BCUT2D eigenvalue weighted by Crippen LogP contribution is 2.36. The number of nitrogens with one attached hydrogen (secondary N) is 1. The van der Waals surface area contributed by atoms with Crippen LogP contribution < -0.4 is 10.2 Å². The van der Waals surface area contributed by atoms with Gasteiger partial charge in [0.1, 0.15) is 5.92 Å². The standard InChI is InChI=1S/C17H19Cl2N5O2/c1-23-7-5-20-9-14(23)15-21-16(26-22-15)11-4-6-24(17(11)25)13-8-10(18)2-3-12(13)19/h2-3,8,11,14,20H,4-7,9H2,1H3. The van der Waals surface area contributed by atoms with Crippen LogP contribution in [0.1, 0.15) is 30.1 Å². The Kier molecular flexibility index (Phi) is 4.88. The van der Waals surface area contributed by atoms with E-state index in [-0.39, 0.29) is 11.9 Å². The van der Waals surface area contributed by atoms with Gasteiger partial charge in [-0.05, 0) is 31.7 Å². The third-order valence-electron chi connectivity index (χ3n) is 4.97. The first-order valence-electron chi connectivity index (χ1n) is 8.55. The van der Waals surface area contributed by atoms with Crippen LogP contribution >= 0.6 is 23.2 Å². The van der Waals surface area contributed by atoms with Gasteiger partial charge in [0.25, 0.3) is 0 Å². The molecule has 2 aliphatic heterocycles. The van der Waals surface area contributed by atoms with Gasteiger partial charge in [0.2, 0.25) is 11.8 Å². The highest BCUT2D eigenvalue weighted by molar-refractivity contribution is 6.35. The van der Waals surface area contributed by atoms with Crippen LogP contribution in [-0.4, -0.2) is 54.2 Å². The first-order valence-corrected chi connectivity index (χ1v) is 9.31. The Balaban J connectivity index is 1.54. The number of carbonyl (C=O) groups excluding carboxylic acids is 1. The number of hydrogen-bond acceptors (Lipinski definition) is 6.